The number of piperidine rings is 1. The predicted molar refractivity (Wildman–Crippen MR) is 140 cm³/mol. The number of aliphatic imine (C=N–C) groups is 1. The molecule has 1 aliphatic heterocycles. The molecule has 1 saturated heterocycles. The topological polar surface area (TPSA) is 66.0 Å². The monoisotopic (exact) mass is 550 g/mol. The summed E-state index contributed by atoms with van der Waals surface area (Å²) in [6.07, 6.45) is 12.7. The number of esters is 1. The first-order valence-electron chi connectivity index (χ1n) is 12.4. The largest absolute Gasteiger partial charge is 0.460 e. The van der Waals surface area contributed by atoms with Gasteiger partial charge in [-0.1, -0.05) is 25.7 Å². The summed E-state index contributed by atoms with van der Waals surface area (Å²) in [5.74, 6) is 0.878. The number of hydrogen-bond acceptors (Lipinski definition) is 4. The Kier molecular flexibility index (Phi) is 14.0. The van der Waals surface area contributed by atoms with Crippen molar-refractivity contribution in [2.75, 3.05) is 26.2 Å². The Hall–Kier alpha value is -0.570. The summed E-state index contributed by atoms with van der Waals surface area (Å²) in [7, 11) is 0. The lowest BCUT2D eigenvalue weighted by molar-refractivity contribution is -0.154. The smallest absolute Gasteiger partial charge is 0.306 e. The Morgan fingerprint density at radius 1 is 1.03 bits per heavy atom. The van der Waals surface area contributed by atoms with E-state index >= 15 is 0 Å². The lowest BCUT2D eigenvalue weighted by atomic mass is 10.0. The lowest BCUT2D eigenvalue weighted by Gasteiger charge is -2.36. The zero-order chi connectivity index (χ0) is 21.8. The molecule has 0 aromatic heterocycles. The van der Waals surface area contributed by atoms with Gasteiger partial charge in [0.05, 0.1) is 0 Å². The number of unbranched alkanes of at least 4 members (excludes halogenated alkanes) is 3. The van der Waals surface area contributed by atoms with Gasteiger partial charge in [-0.15, -0.1) is 24.0 Å². The highest BCUT2D eigenvalue weighted by molar-refractivity contribution is 14.0. The van der Waals surface area contributed by atoms with Gasteiger partial charge >= 0.3 is 5.97 Å². The molecular formula is C24H47IN4O2. The maximum atomic E-state index is 11.7. The molecule has 6 nitrogen and oxygen atoms in total. The molecule has 1 saturated carbocycles. The average molecular weight is 551 g/mol. The number of likely N-dealkylation sites (tertiary alicyclic amines) is 1. The highest BCUT2D eigenvalue weighted by atomic mass is 127. The number of nitrogens with one attached hydrogen (secondary N) is 2. The van der Waals surface area contributed by atoms with Gasteiger partial charge in [0.2, 0.25) is 0 Å². The van der Waals surface area contributed by atoms with Gasteiger partial charge in [0.1, 0.15) is 5.60 Å². The summed E-state index contributed by atoms with van der Waals surface area (Å²) in [5.41, 5.74) is -0.380. The number of carbonyl (C=O) groups excluding carboxylic acids is 1. The summed E-state index contributed by atoms with van der Waals surface area (Å²) in [4.78, 5) is 19.2. The second-order valence-electron chi connectivity index (χ2n) is 9.90. The highest BCUT2D eigenvalue weighted by Crippen LogP contribution is 2.26. The minimum atomic E-state index is -0.380. The summed E-state index contributed by atoms with van der Waals surface area (Å²) in [6.45, 7) is 12.0. The Balaban J connectivity index is 0.00000480. The average Bonchev–Trinajstić information content (AvgIpc) is 3.21. The fourth-order valence-electron chi connectivity index (χ4n) is 4.51. The van der Waals surface area contributed by atoms with Gasteiger partial charge in [0.25, 0.3) is 0 Å². The predicted octanol–water partition coefficient (Wildman–Crippen LogP) is 4.86. The van der Waals surface area contributed by atoms with Gasteiger partial charge < -0.3 is 20.3 Å². The van der Waals surface area contributed by atoms with Gasteiger partial charge in [0.15, 0.2) is 5.96 Å². The van der Waals surface area contributed by atoms with E-state index in [-0.39, 0.29) is 35.5 Å². The van der Waals surface area contributed by atoms with E-state index in [1.54, 1.807) is 0 Å². The quantitative estimate of drug-likeness (QED) is 0.134. The first-order valence-corrected chi connectivity index (χ1v) is 12.4. The second kappa shape index (κ2) is 15.3. The summed E-state index contributed by atoms with van der Waals surface area (Å²) in [6, 6.07) is 1.39. The summed E-state index contributed by atoms with van der Waals surface area (Å²) < 4.78 is 5.35. The second-order valence-corrected chi connectivity index (χ2v) is 9.90. The van der Waals surface area contributed by atoms with E-state index in [2.05, 4.69) is 22.5 Å². The zero-order valence-corrected chi connectivity index (χ0v) is 22.7. The van der Waals surface area contributed by atoms with Crippen LogP contribution in [-0.4, -0.2) is 60.7 Å². The van der Waals surface area contributed by atoms with Crippen LogP contribution in [0.15, 0.2) is 4.99 Å². The minimum Gasteiger partial charge on any atom is -0.460 e. The van der Waals surface area contributed by atoms with E-state index in [9.17, 15) is 4.79 Å². The first kappa shape index (κ1) is 28.5. The molecule has 0 aromatic carbocycles. The maximum absolute atomic E-state index is 11.7. The lowest BCUT2D eigenvalue weighted by Crippen LogP contribution is -2.50. The molecular weight excluding hydrogens is 503 g/mol. The molecule has 0 amide bonds. The van der Waals surface area contributed by atoms with Gasteiger partial charge in [-0.05, 0) is 66.2 Å². The number of hydrogen-bond donors (Lipinski definition) is 2. The van der Waals surface area contributed by atoms with Crippen molar-refractivity contribution in [2.24, 2.45) is 4.99 Å². The van der Waals surface area contributed by atoms with Crippen LogP contribution in [0.5, 0.6) is 0 Å². The Morgan fingerprint density at radius 2 is 1.68 bits per heavy atom. The molecule has 0 radical (unpaired) electrons. The van der Waals surface area contributed by atoms with Crippen LogP contribution in [-0.2, 0) is 9.53 Å². The number of halogens is 1. The van der Waals surface area contributed by atoms with Crippen molar-refractivity contribution in [3.05, 3.63) is 0 Å². The Labute approximate surface area is 207 Å². The van der Waals surface area contributed by atoms with Gasteiger partial charge in [-0.3, -0.25) is 9.79 Å². The van der Waals surface area contributed by atoms with Crippen molar-refractivity contribution in [3.8, 4) is 0 Å². The van der Waals surface area contributed by atoms with Crippen molar-refractivity contribution in [1.82, 2.24) is 15.5 Å². The normalized spacial score (nSPS) is 19.2. The SMILES string of the molecule is CCNC(=NCCCCCCC(=O)OC(C)(C)C)NC1CCN(C2CCCC2)CC1.I. The van der Waals surface area contributed by atoms with Crippen LogP contribution in [0.4, 0.5) is 0 Å². The maximum Gasteiger partial charge on any atom is 0.306 e. The fourth-order valence-corrected chi connectivity index (χ4v) is 4.51. The van der Waals surface area contributed by atoms with E-state index in [0.717, 1.165) is 50.8 Å². The summed E-state index contributed by atoms with van der Waals surface area (Å²) >= 11 is 0. The Morgan fingerprint density at radius 3 is 2.29 bits per heavy atom. The van der Waals surface area contributed by atoms with Crippen molar-refractivity contribution in [1.29, 1.82) is 0 Å². The number of carbonyl (C=O) groups is 1. The molecule has 182 valence electrons. The fraction of sp³-hybridized carbons (Fsp3) is 0.917. The van der Waals surface area contributed by atoms with E-state index < -0.39 is 0 Å². The molecule has 2 aliphatic rings. The standard InChI is InChI=1S/C24H46N4O2.HI/c1-5-25-23(26-17-11-7-6-8-14-22(29)30-24(2,3)4)27-20-15-18-28(19-16-20)21-12-9-10-13-21;/h20-21H,5-19H2,1-4H3,(H2,25,26,27);1H. The molecule has 1 aliphatic carbocycles. The van der Waals surface area contributed by atoms with E-state index in [4.69, 9.17) is 9.73 Å². The molecule has 2 rings (SSSR count). The van der Waals surface area contributed by atoms with E-state index in [1.807, 2.05) is 20.8 Å². The number of nitrogens with zero attached hydrogens (tertiary/aromatic N) is 2. The molecule has 7 heteroatoms. The highest BCUT2D eigenvalue weighted by Gasteiger charge is 2.27. The third kappa shape index (κ3) is 12.3. The number of rotatable bonds is 10. The van der Waals surface area contributed by atoms with Crippen LogP contribution in [0.2, 0.25) is 0 Å². The zero-order valence-electron chi connectivity index (χ0n) is 20.4. The molecule has 0 bridgehead atoms. The molecule has 0 spiro atoms. The van der Waals surface area contributed by atoms with Crippen LogP contribution >= 0.6 is 24.0 Å². The molecule has 31 heavy (non-hydrogen) atoms. The third-order valence-electron chi connectivity index (χ3n) is 6.03. The van der Waals surface area contributed by atoms with Crippen molar-refractivity contribution < 1.29 is 9.53 Å². The van der Waals surface area contributed by atoms with E-state index in [0.29, 0.717) is 12.5 Å². The van der Waals surface area contributed by atoms with Gasteiger partial charge in [-0.2, -0.15) is 0 Å². The van der Waals surface area contributed by atoms with Crippen molar-refractivity contribution in [3.63, 3.8) is 0 Å². The van der Waals surface area contributed by atoms with Crippen LogP contribution in [0, 0.1) is 0 Å². The van der Waals surface area contributed by atoms with Crippen LogP contribution in [0.1, 0.15) is 98.3 Å². The Bertz CT molecular complexity index is 522. The molecule has 2 N–H and O–H groups in total. The van der Waals surface area contributed by atoms with Crippen LogP contribution < -0.4 is 10.6 Å². The van der Waals surface area contributed by atoms with E-state index in [1.165, 1.54) is 51.6 Å². The molecule has 0 unspecified atom stereocenters. The molecule has 2 fully saturated rings. The molecule has 1 heterocycles. The molecule has 0 atom stereocenters. The van der Waals surface area contributed by atoms with Crippen molar-refractivity contribution in [2.45, 2.75) is 116 Å². The molecule has 0 aromatic rings. The van der Waals surface area contributed by atoms with Crippen LogP contribution in [0.25, 0.3) is 0 Å². The van der Waals surface area contributed by atoms with Gasteiger partial charge in [0, 0.05) is 44.7 Å². The minimum absolute atomic E-state index is 0. The third-order valence-corrected chi connectivity index (χ3v) is 6.03. The number of ether oxygens (including phenoxy) is 1. The van der Waals surface area contributed by atoms with Crippen molar-refractivity contribution >= 4 is 35.9 Å². The summed E-state index contributed by atoms with van der Waals surface area (Å²) in [5, 5.41) is 7.06. The van der Waals surface area contributed by atoms with Crippen LogP contribution in [0.3, 0.4) is 0 Å². The van der Waals surface area contributed by atoms with Gasteiger partial charge in [-0.25, -0.2) is 0 Å². The first-order chi connectivity index (χ1) is 14.4. The number of guanidine groups is 1.